The first-order valence-electron chi connectivity index (χ1n) is 7.55. The molecule has 0 bridgehead atoms. The minimum atomic E-state index is -5.03. The van der Waals surface area contributed by atoms with Crippen molar-refractivity contribution in [2.75, 3.05) is 0 Å². The molecule has 0 saturated heterocycles. The molecule has 2 rings (SSSR count). The fourth-order valence-corrected chi connectivity index (χ4v) is 2.66. The number of hydrogen-bond donors (Lipinski definition) is 0. The quantitative estimate of drug-likeness (QED) is 0.582. The van der Waals surface area contributed by atoms with E-state index in [4.69, 9.17) is 4.74 Å². The smallest absolute Gasteiger partial charge is 0.427 e. The molecule has 4 nitrogen and oxygen atoms in total. The van der Waals surface area contributed by atoms with E-state index in [1.807, 2.05) is 6.42 Å². The summed E-state index contributed by atoms with van der Waals surface area (Å²) < 4.78 is 45.4. The van der Waals surface area contributed by atoms with Crippen molar-refractivity contribution in [1.29, 1.82) is 0 Å². The third-order valence-corrected chi connectivity index (χ3v) is 3.72. The van der Waals surface area contributed by atoms with Crippen LogP contribution in [-0.2, 0) is 14.3 Å². The van der Waals surface area contributed by atoms with E-state index in [0.717, 1.165) is 6.42 Å². The number of hydrogen-bond acceptors (Lipinski definition) is 4. The van der Waals surface area contributed by atoms with Crippen LogP contribution < -0.4 is 4.74 Å². The third kappa shape index (κ3) is 5.86. The Kier molecular flexibility index (Phi) is 6.23. The number of esters is 2. The predicted octanol–water partition coefficient (Wildman–Crippen LogP) is 3.87. The van der Waals surface area contributed by atoms with Crippen molar-refractivity contribution >= 4 is 11.9 Å². The fourth-order valence-electron chi connectivity index (χ4n) is 2.66. The Hall–Kier alpha value is -2.05. The maximum atomic E-state index is 12.3. The van der Waals surface area contributed by atoms with Crippen LogP contribution in [0.25, 0.3) is 0 Å². The van der Waals surface area contributed by atoms with Gasteiger partial charge in [0.25, 0.3) is 0 Å². The molecule has 130 valence electrons. The minimum absolute atomic E-state index is 0.275. The number of alkyl halides is 3. The zero-order chi connectivity index (χ0) is 17.6. The van der Waals surface area contributed by atoms with Gasteiger partial charge in [0.1, 0.15) is 5.75 Å². The van der Waals surface area contributed by atoms with E-state index in [9.17, 15) is 22.8 Å². The summed E-state index contributed by atoms with van der Waals surface area (Å²) in [5.41, 5.74) is 0. The summed E-state index contributed by atoms with van der Waals surface area (Å²) in [6, 6.07) is 8.29. The normalized spacial score (nSPS) is 16.6. The lowest BCUT2D eigenvalue weighted by Gasteiger charge is -2.21. The number of carbonyl (C=O) groups is 2. The lowest BCUT2D eigenvalue weighted by molar-refractivity contribution is -0.308. The monoisotopic (exact) mass is 342 g/mol. The highest BCUT2D eigenvalue weighted by Crippen LogP contribution is 2.35. The Morgan fingerprint density at radius 1 is 1.25 bits per heavy atom. The summed E-state index contributed by atoms with van der Waals surface area (Å²) in [6.07, 6.45) is -0.316. The molecule has 1 saturated carbocycles. The Morgan fingerprint density at radius 3 is 2.54 bits per heavy atom. The molecule has 0 heterocycles. The summed E-state index contributed by atoms with van der Waals surface area (Å²) >= 11 is 0. The number of rotatable bonds is 6. The van der Waals surface area contributed by atoms with Crippen LogP contribution in [0.2, 0.25) is 0 Å². The first kappa shape index (κ1) is 18.3. The highest BCUT2D eigenvalue weighted by Gasteiger charge is 2.40. The second-order valence-corrected chi connectivity index (χ2v) is 5.48. The molecular weight excluding hydrogens is 325 g/mol. The average Bonchev–Trinajstić information content (AvgIpc) is 3.00. The van der Waals surface area contributed by atoms with Crippen molar-refractivity contribution in [1.82, 2.24) is 0 Å². The molecule has 24 heavy (non-hydrogen) atoms. The van der Waals surface area contributed by atoms with Crippen LogP contribution in [0, 0.1) is 24.7 Å². The van der Waals surface area contributed by atoms with E-state index in [2.05, 4.69) is 4.74 Å². The average molecular weight is 342 g/mol. The SMILES string of the molecule is O=C(C[CH]C(C(=O)OC(F)(F)F)C1C[CH]CC1)Oc1ccccc1. The molecule has 1 fully saturated rings. The van der Waals surface area contributed by atoms with E-state index in [0.29, 0.717) is 18.6 Å². The van der Waals surface area contributed by atoms with Crippen LogP contribution in [0.5, 0.6) is 5.75 Å². The Bertz CT molecular complexity index is 551. The first-order chi connectivity index (χ1) is 11.3. The molecule has 0 aliphatic heterocycles. The maximum absolute atomic E-state index is 12.3. The van der Waals surface area contributed by atoms with Gasteiger partial charge < -0.3 is 9.47 Å². The van der Waals surface area contributed by atoms with Gasteiger partial charge in [0.05, 0.1) is 5.92 Å². The molecule has 1 aromatic rings. The van der Waals surface area contributed by atoms with Crippen LogP contribution >= 0.6 is 0 Å². The fraction of sp³-hybridized carbons (Fsp3) is 0.412. The summed E-state index contributed by atoms with van der Waals surface area (Å²) in [5, 5.41) is 0. The molecule has 1 aromatic carbocycles. The van der Waals surface area contributed by atoms with Gasteiger partial charge in [-0.3, -0.25) is 9.59 Å². The van der Waals surface area contributed by atoms with Gasteiger partial charge in [0.15, 0.2) is 0 Å². The van der Waals surface area contributed by atoms with Gasteiger partial charge in [-0.1, -0.05) is 18.2 Å². The van der Waals surface area contributed by atoms with Crippen molar-refractivity contribution in [2.24, 2.45) is 11.8 Å². The third-order valence-electron chi connectivity index (χ3n) is 3.72. The predicted molar refractivity (Wildman–Crippen MR) is 78.3 cm³/mol. The zero-order valence-corrected chi connectivity index (χ0v) is 12.8. The van der Waals surface area contributed by atoms with Crippen molar-refractivity contribution in [3.05, 3.63) is 43.2 Å². The highest BCUT2D eigenvalue weighted by atomic mass is 19.4. The van der Waals surface area contributed by atoms with Crippen LogP contribution in [0.4, 0.5) is 13.2 Å². The second kappa shape index (κ2) is 8.17. The van der Waals surface area contributed by atoms with Crippen molar-refractivity contribution in [3.8, 4) is 5.75 Å². The van der Waals surface area contributed by atoms with Crippen molar-refractivity contribution < 1.29 is 32.2 Å². The lowest BCUT2D eigenvalue weighted by atomic mass is 9.87. The molecule has 1 aliphatic rings. The van der Waals surface area contributed by atoms with Crippen molar-refractivity contribution in [2.45, 2.75) is 32.0 Å². The first-order valence-corrected chi connectivity index (χ1v) is 7.55. The molecule has 2 atom stereocenters. The number of carbonyl (C=O) groups excluding carboxylic acids is 2. The van der Waals surface area contributed by atoms with Gasteiger partial charge in [-0.15, -0.1) is 13.2 Å². The minimum Gasteiger partial charge on any atom is -0.427 e. The van der Waals surface area contributed by atoms with E-state index < -0.39 is 24.2 Å². The van der Waals surface area contributed by atoms with E-state index in [1.165, 1.54) is 6.42 Å². The molecule has 0 N–H and O–H groups in total. The topological polar surface area (TPSA) is 52.6 Å². The van der Waals surface area contributed by atoms with Gasteiger partial charge in [-0.05, 0) is 50.2 Å². The zero-order valence-electron chi connectivity index (χ0n) is 12.8. The Balaban J connectivity index is 1.92. The van der Waals surface area contributed by atoms with E-state index in [1.54, 1.807) is 30.3 Å². The van der Waals surface area contributed by atoms with Gasteiger partial charge in [-0.25, -0.2) is 0 Å². The molecule has 2 unspecified atom stereocenters. The van der Waals surface area contributed by atoms with Crippen molar-refractivity contribution in [3.63, 3.8) is 0 Å². The van der Waals surface area contributed by atoms with Crippen LogP contribution in [0.3, 0.4) is 0 Å². The molecule has 0 amide bonds. The summed E-state index contributed by atoms with van der Waals surface area (Å²) in [4.78, 5) is 23.6. The summed E-state index contributed by atoms with van der Waals surface area (Å²) in [5.74, 6) is -3.07. The second-order valence-electron chi connectivity index (χ2n) is 5.48. The van der Waals surface area contributed by atoms with Crippen LogP contribution in [0.15, 0.2) is 30.3 Å². The molecule has 2 radical (unpaired) electrons. The molecule has 0 aromatic heterocycles. The van der Waals surface area contributed by atoms with Crippen LogP contribution in [-0.4, -0.2) is 18.3 Å². The molecular formula is C17H17F3O4. The van der Waals surface area contributed by atoms with Gasteiger partial charge >= 0.3 is 18.3 Å². The van der Waals surface area contributed by atoms with E-state index >= 15 is 0 Å². The standard InChI is InChI=1S/C17H17F3O4/c18-17(19,20)24-16(22)14(12-6-4-5-7-12)10-11-15(21)23-13-8-2-1-3-9-13/h1-4,8-10,12,14H,5-7,11H2. The largest absolute Gasteiger partial charge is 0.575 e. The number of ether oxygens (including phenoxy) is 2. The van der Waals surface area contributed by atoms with Crippen LogP contribution in [0.1, 0.15) is 25.7 Å². The molecule has 1 aliphatic carbocycles. The van der Waals surface area contributed by atoms with Gasteiger partial charge in [0, 0.05) is 6.42 Å². The van der Waals surface area contributed by atoms with Gasteiger partial charge in [-0.2, -0.15) is 0 Å². The Labute approximate surface area is 137 Å². The molecule has 7 heteroatoms. The molecule has 0 spiro atoms. The summed E-state index contributed by atoms with van der Waals surface area (Å²) in [7, 11) is 0. The number of benzene rings is 1. The maximum Gasteiger partial charge on any atom is 0.575 e. The lowest BCUT2D eigenvalue weighted by Crippen LogP contribution is -2.31. The van der Waals surface area contributed by atoms with E-state index in [-0.39, 0.29) is 12.3 Å². The number of halogens is 3. The van der Waals surface area contributed by atoms with Gasteiger partial charge in [0.2, 0.25) is 0 Å². The summed E-state index contributed by atoms with van der Waals surface area (Å²) in [6.45, 7) is 0. The number of para-hydroxylation sites is 1. The Morgan fingerprint density at radius 2 is 1.96 bits per heavy atom. The highest BCUT2D eigenvalue weighted by molar-refractivity contribution is 5.78.